The number of aryl methyl sites for hydroxylation is 1. The first-order valence-corrected chi connectivity index (χ1v) is 6.27. The summed E-state index contributed by atoms with van der Waals surface area (Å²) >= 11 is 6.11. The van der Waals surface area contributed by atoms with Crippen LogP contribution in [0.5, 0.6) is 5.75 Å². The van der Waals surface area contributed by atoms with Gasteiger partial charge in [-0.15, -0.1) is 0 Å². The van der Waals surface area contributed by atoms with Crippen LogP contribution < -0.4 is 10.5 Å². The minimum Gasteiger partial charge on any atom is -0.487 e. The Labute approximate surface area is 117 Å². The molecule has 0 saturated heterocycles. The van der Waals surface area contributed by atoms with Crippen molar-refractivity contribution in [2.24, 2.45) is 5.73 Å². The van der Waals surface area contributed by atoms with E-state index in [-0.39, 0.29) is 5.84 Å². The molecule has 2 rings (SSSR count). The van der Waals surface area contributed by atoms with Gasteiger partial charge in [0.05, 0.1) is 5.02 Å². The Bertz CT molecular complexity index is 611. The van der Waals surface area contributed by atoms with Gasteiger partial charge in [-0.2, -0.15) is 0 Å². The Kier molecular flexibility index (Phi) is 4.07. The van der Waals surface area contributed by atoms with Crippen LogP contribution in [0.25, 0.3) is 0 Å². The van der Waals surface area contributed by atoms with Gasteiger partial charge in [-0.25, -0.2) is 0 Å². The van der Waals surface area contributed by atoms with E-state index >= 15 is 0 Å². The number of hydrogen-bond donors (Lipinski definition) is 2. The highest BCUT2D eigenvalue weighted by molar-refractivity contribution is 6.32. The molecule has 0 aliphatic heterocycles. The normalized spacial score (nSPS) is 10.2. The molecule has 0 unspecified atom stereocenters. The zero-order chi connectivity index (χ0) is 13.8. The first-order valence-electron chi connectivity index (χ1n) is 5.89. The van der Waals surface area contributed by atoms with Gasteiger partial charge >= 0.3 is 0 Å². The molecule has 0 saturated carbocycles. The van der Waals surface area contributed by atoms with Crippen molar-refractivity contribution in [1.82, 2.24) is 0 Å². The summed E-state index contributed by atoms with van der Waals surface area (Å²) in [6.45, 7) is 2.30. The van der Waals surface area contributed by atoms with E-state index in [1.807, 2.05) is 43.3 Å². The standard InChI is InChI=1S/C15H15ClN2O/c1-10-6-7-14(13(16)8-10)19-9-11-4-2-3-5-12(11)15(17)18/h2-8H,9H2,1H3,(H3,17,18). The summed E-state index contributed by atoms with van der Waals surface area (Å²) in [6, 6.07) is 13.1. The third-order valence-corrected chi connectivity index (χ3v) is 3.07. The van der Waals surface area contributed by atoms with Crippen molar-refractivity contribution in [2.45, 2.75) is 13.5 Å². The number of hydrogen-bond acceptors (Lipinski definition) is 2. The van der Waals surface area contributed by atoms with Crippen molar-refractivity contribution in [1.29, 1.82) is 5.41 Å². The number of amidine groups is 1. The molecule has 0 amide bonds. The number of benzene rings is 2. The van der Waals surface area contributed by atoms with Crippen molar-refractivity contribution >= 4 is 17.4 Å². The van der Waals surface area contributed by atoms with Crippen molar-refractivity contribution in [3.63, 3.8) is 0 Å². The van der Waals surface area contributed by atoms with Crippen LogP contribution in [0, 0.1) is 12.3 Å². The summed E-state index contributed by atoms with van der Waals surface area (Å²) in [5.74, 6) is 0.667. The van der Waals surface area contributed by atoms with Gasteiger partial charge in [-0.05, 0) is 24.6 Å². The Morgan fingerprint density at radius 2 is 2.00 bits per heavy atom. The maximum absolute atomic E-state index is 7.53. The average molecular weight is 275 g/mol. The fraction of sp³-hybridized carbons (Fsp3) is 0.133. The summed E-state index contributed by atoms with van der Waals surface area (Å²) in [5, 5.41) is 8.11. The Hall–Kier alpha value is -2.00. The number of ether oxygens (including phenoxy) is 1. The second-order valence-electron chi connectivity index (χ2n) is 4.29. The zero-order valence-electron chi connectivity index (χ0n) is 10.6. The molecule has 0 atom stereocenters. The second kappa shape index (κ2) is 5.76. The summed E-state index contributed by atoms with van der Waals surface area (Å²) in [7, 11) is 0. The molecule has 3 N–H and O–H groups in total. The predicted molar refractivity (Wildman–Crippen MR) is 78.0 cm³/mol. The van der Waals surface area contributed by atoms with Crippen LogP contribution in [0.1, 0.15) is 16.7 Å². The van der Waals surface area contributed by atoms with Crippen molar-refractivity contribution in [3.05, 3.63) is 64.2 Å². The van der Waals surface area contributed by atoms with Gasteiger partial charge < -0.3 is 10.5 Å². The number of nitrogens with one attached hydrogen (secondary N) is 1. The fourth-order valence-electron chi connectivity index (χ4n) is 1.79. The van der Waals surface area contributed by atoms with E-state index in [1.54, 1.807) is 6.07 Å². The maximum atomic E-state index is 7.53. The molecule has 4 heteroatoms. The summed E-state index contributed by atoms with van der Waals surface area (Å²) in [6.07, 6.45) is 0. The predicted octanol–water partition coefficient (Wildman–Crippen LogP) is 3.51. The lowest BCUT2D eigenvalue weighted by Crippen LogP contribution is -2.14. The molecule has 0 bridgehead atoms. The molecule has 2 aromatic carbocycles. The highest BCUT2D eigenvalue weighted by atomic mass is 35.5. The summed E-state index contributed by atoms with van der Waals surface area (Å²) in [4.78, 5) is 0. The average Bonchev–Trinajstić information content (AvgIpc) is 2.38. The van der Waals surface area contributed by atoms with E-state index < -0.39 is 0 Å². The lowest BCUT2D eigenvalue weighted by molar-refractivity contribution is 0.306. The van der Waals surface area contributed by atoms with Crippen LogP contribution in [0.15, 0.2) is 42.5 Å². The van der Waals surface area contributed by atoms with E-state index in [0.29, 0.717) is 22.9 Å². The topological polar surface area (TPSA) is 59.1 Å². The Balaban J connectivity index is 2.17. The van der Waals surface area contributed by atoms with E-state index in [2.05, 4.69) is 0 Å². The molecule has 19 heavy (non-hydrogen) atoms. The Morgan fingerprint density at radius 1 is 1.26 bits per heavy atom. The summed E-state index contributed by atoms with van der Waals surface area (Å²) in [5.41, 5.74) is 8.17. The van der Waals surface area contributed by atoms with Crippen molar-refractivity contribution < 1.29 is 4.74 Å². The highest BCUT2D eigenvalue weighted by Crippen LogP contribution is 2.26. The van der Waals surface area contributed by atoms with Crippen LogP contribution in [0.3, 0.4) is 0 Å². The van der Waals surface area contributed by atoms with Crippen LogP contribution >= 0.6 is 11.6 Å². The fourth-order valence-corrected chi connectivity index (χ4v) is 2.08. The molecular weight excluding hydrogens is 260 g/mol. The number of rotatable bonds is 4. The minimum atomic E-state index is 0.0363. The lowest BCUT2D eigenvalue weighted by atomic mass is 10.1. The number of nitrogens with two attached hydrogens (primary N) is 1. The van der Waals surface area contributed by atoms with Crippen LogP contribution in [-0.2, 0) is 6.61 Å². The number of halogens is 1. The van der Waals surface area contributed by atoms with Gasteiger partial charge in [0.15, 0.2) is 0 Å². The summed E-state index contributed by atoms with van der Waals surface area (Å²) < 4.78 is 5.68. The van der Waals surface area contributed by atoms with Gasteiger partial charge in [0, 0.05) is 11.1 Å². The van der Waals surface area contributed by atoms with Gasteiger partial charge in [0.25, 0.3) is 0 Å². The molecule has 98 valence electrons. The molecule has 0 heterocycles. The van der Waals surface area contributed by atoms with Gasteiger partial charge in [-0.3, -0.25) is 5.41 Å². The highest BCUT2D eigenvalue weighted by Gasteiger charge is 2.07. The van der Waals surface area contributed by atoms with Crippen LogP contribution in [0.2, 0.25) is 5.02 Å². The van der Waals surface area contributed by atoms with Gasteiger partial charge in [0.2, 0.25) is 0 Å². The quantitative estimate of drug-likeness (QED) is 0.662. The molecule has 3 nitrogen and oxygen atoms in total. The molecule has 2 aromatic rings. The molecule has 0 spiro atoms. The molecule has 0 aliphatic rings. The minimum absolute atomic E-state index is 0.0363. The SMILES string of the molecule is Cc1ccc(OCc2ccccc2C(=N)N)c(Cl)c1. The third-order valence-electron chi connectivity index (χ3n) is 2.78. The van der Waals surface area contributed by atoms with Crippen molar-refractivity contribution in [3.8, 4) is 5.75 Å². The lowest BCUT2D eigenvalue weighted by Gasteiger charge is -2.11. The first-order chi connectivity index (χ1) is 9.08. The van der Waals surface area contributed by atoms with E-state index in [4.69, 9.17) is 27.5 Å². The van der Waals surface area contributed by atoms with Gasteiger partial charge in [-0.1, -0.05) is 41.9 Å². The smallest absolute Gasteiger partial charge is 0.138 e. The molecule has 0 aliphatic carbocycles. The molecular formula is C15H15ClN2O. The Morgan fingerprint density at radius 3 is 2.68 bits per heavy atom. The molecule has 0 aromatic heterocycles. The third kappa shape index (κ3) is 3.26. The van der Waals surface area contributed by atoms with Crippen LogP contribution in [0.4, 0.5) is 0 Å². The molecule has 0 fully saturated rings. The van der Waals surface area contributed by atoms with Crippen molar-refractivity contribution in [2.75, 3.05) is 0 Å². The van der Waals surface area contributed by atoms with Crippen LogP contribution in [-0.4, -0.2) is 5.84 Å². The van der Waals surface area contributed by atoms with E-state index in [1.165, 1.54) is 0 Å². The molecule has 0 radical (unpaired) electrons. The monoisotopic (exact) mass is 274 g/mol. The number of nitrogen functional groups attached to an aromatic ring is 1. The second-order valence-corrected chi connectivity index (χ2v) is 4.70. The largest absolute Gasteiger partial charge is 0.487 e. The maximum Gasteiger partial charge on any atom is 0.138 e. The van der Waals surface area contributed by atoms with E-state index in [0.717, 1.165) is 11.1 Å². The van der Waals surface area contributed by atoms with Gasteiger partial charge in [0.1, 0.15) is 18.2 Å². The first kappa shape index (κ1) is 13.4. The zero-order valence-corrected chi connectivity index (χ0v) is 11.4. The van der Waals surface area contributed by atoms with E-state index in [9.17, 15) is 0 Å².